The van der Waals surface area contributed by atoms with Gasteiger partial charge in [0, 0.05) is 4.47 Å². The summed E-state index contributed by atoms with van der Waals surface area (Å²) in [6.45, 7) is 1.76. The summed E-state index contributed by atoms with van der Waals surface area (Å²) < 4.78 is 5.90. The molecule has 0 saturated carbocycles. The Morgan fingerprint density at radius 2 is 1.62 bits per heavy atom. The largest absolute Gasteiger partial charge is 0.463 e. The molecule has 0 aliphatic carbocycles. The van der Waals surface area contributed by atoms with E-state index in [4.69, 9.17) is 4.74 Å². The number of carbonyl (C=O) groups excluding carboxylic acids is 3. The van der Waals surface area contributed by atoms with Crippen molar-refractivity contribution < 1.29 is 19.1 Å². The molecule has 0 atom stereocenters. The van der Waals surface area contributed by atoms with Crippen LogP contribution in [-0.2, 0) is 9.53 Å². The quantitative estimate of drug-likeness (QED) is 0.425. The number of hydrogen-bond donors (Lipinski definition) is 0. The Balaban J connectivity index is 1.95. The van der Waals surface area contributed by atoms with Gasteiger partial charge < -0.3 is 4.74 Å². The number of rotatable bonds is 5. The summed E-state index contributed by atoms with van der Waals surface area (Å²) in [6, 6.07) is 14.0. The zero-order valence-electron chi connectivity index (χ0n) is 14.1. The normalized spacial score (nSPS) is 13.8. The first-order valence-electron chi connectivity index (χ1n) is 8.10. The molecule has 3 rings (SSSR count). The fraction of sp³-hybridized carbons (Fsp3) is 0.150. The number of esters is 1. The molecule has 0 unspecified atom stereocenters. The molecule has 6 heteroatoms. The minimum absolute atomic E-state index is 0.146. The van der Waals surface area contributed by atoms with Crippen molar-refractivity contribution in [2.24, 2.45) is 0 Å². The average Bonchev–Trinajstić information content (AvgIpc) is 2.88. The van der Waals surface area contributed by atoms with E-state index >= 15 is 0 Å². The number of benzene rings is 2. The van der Waals surface area contributed by atoms with Gasteiger partial charge in [-0.2, -0.15) is 0 Å². The van der Waals surface area contributed by atoms with Crippen LogP contribution in [-0.4, -0.2) is 35.8 Å². The van der Waals surface area contributed by atoms with Gasteiger partial charge in [0.2, 0.25) is 0 Å². The zero-order valence-corrected chi connectivity index (χ0v) is 15.7. The summed E-state index contributed by atoms with van der Waals surface area (Å²) in [7, 11) is 0. The molecule has 2 aromatic carbocycles. The monoisotopic (exact) mass is 413 g/mol. The van der Waals surface area contributed by atoms with Crippen molar-refractivity contribution in [3.8, 4) is 0 Å². The lowest BCUT2D eigenvalue weighted by atomic mass is 10.1. The van der Waals surface area contributed by atoms with E-state index in [1.807, 2.05) is 24.3 Å². The molecule has 1 aliphatic rings. The molecular weight excluding hydrogens is 398 g/mol. The summed E-state index contributed by atoms with van der Waals surface area (Å²) in [5.41, 5.74) is 1.68. The van der Waals surface area contributed by atoms with Crippen LogP contribution < -0.4 is 0 Å². The van der Waals surface area contributed by atoms with Crippen molar-refractivity contribution in [2.45, 2.75) is 6.92 Å². The van der Waals surface area contributed by atoms with E-state index in [0.717, 1.165) is 14.9 Å². The lowest BCUT2D eigenvalue weighted by Gasteiger charge is -2.16. The van der Waals surface area contributed by atoms with Crippen LogP contribution in [0.15, 0.2) is 58.6 Å². The number of ether oxygens (including phenoxy) is 1. The lowest BCUT2D eigenvalue weighted by Crippen LogP contribution is -2.33. The van der Waals surface area contributed by atoms with E-state index in [0.29, 0.717) is 11.1 Å². The summed E-state index contributed by atoms with van der Waals surface area (Å²) in [4.78, 5) is 38.6. The van der Waals surface area contributed by atoms with E-state index < -0.39 is 17.8 Å². The van der Waals surface area contributed by atoms with Gasteiger partial charge in [-0.15, -0.1) is 0 Å². The SMILES string of the molecule is CCOC(=O)/C(=C\c1ccccc1Br)CN1C(=O)c2ccccc2C1=O. The standard InChI is InChI=1S/C20H16BrNO4/c1-2-26-20(25)14(11-13-7-3-6-10-17(13)21)12-22-18(23)15-8-4-5-9-16(15)19(22)24/h3-11H,2,12H2,1H3/b14-11-. The number of amides is 2. The van der Waals surface area contributed by atoms with Gasteiger partial charge >= 0.3 is 5.97 Å². The van der Waals surface area contributed by atoms with Gasteiger partial charge in [0.05, 0.1) is 29.9 Å². The molecule has 0 saturated heterocycles. The molecule has 0 radical (unpaired) electrons. The summed E-state index contributed by atoms with van der Waals surface area (Å²) in [6.07, 6.45) is 1.63. The zero-order chi connectivity index (χ0) is 18.7. The molecule has 2 amide bonds. The van der Waals surface area contributed by atoms with Crippen LogP contribution in [0.1, 0.15) is 33.2 Å². The second kappa shape index (κ2) is 7.66. The molecule has 0 fully saturated rings. The maximum absolute atomic E-state index is 12.6. The fourth-order valence-electron chi connectivity index (χ4n) is 2.73. The maximum Gasteiger partial charge on any atom is 0.335 e. The molecule has 132 valence electrons. The van der Waals surface area contributed by atoms with E-state index in [-0.39, 0.29) is 18.7 Å². The van der Waals surface area contributed by atoms with E-state index in [9.17, 15) is 14.4 Å². The molecule has 2 aromatic rings. The van der Waals surface area contributed by atoms with Crippen LogP contribution in [0.25, 0.3) is 6.08 Å². The molecule has 5 nitrogen and oxygen atoms in total. The van der Waals surface area contributed by atoms with Crippen LogP contribution in [0.2, 0.25) is 0 Å². The number of carbonyl (C=O) groups is 3. The number of nitrogens with zero attached hydrogens (tertiary/aromatic N) is 1. The Morgan fingerprint density at radius 1 is 1.04 bits per heavy atom. The van der Waals surface area contributed by atoms with Crippen LogP contribution in [0.4, 0.5) is 0 Å². The minimum atomic E-state index is -0.556. The Morgan fingerprint density at radius 3 is 2.19 bits per heavy atom. The molecular formula is C20H16BrNO4. The van der Waals surface area contributed by atoms with Crippen molar-refractivity contribution in [3.63, 3.8) is 0 Å². The molecule has 1 heterocycles. The first kappa shape index (κ1) is 18.1. The van der Waals surface area contributed by atoms with Crippen LogP contribution in [0.3, 0.4) is 0 Å². The number of imide groups is 1. The molecule has 0 spiro atoms. The second-order valence-corrected chi connectivity index (χ2v) is 6.51. The van der Waals surface area contributed by atoms with Gasteiger partial charge in [-0.1, -0.05) is 46.3 Å². The Hall–Kier alpha value is -2.73. The van der Waals surface area contributed by atoms with Crippen molar-refractivity contribution >= 4 is 39.8 Å². The first-order valence-corrected chi connectivity index (χ1v) is 8.89. The highest BCUT2D eigenvalue weighted by molar-refractivity contribution is 9.10. The van der Waals surface area contributed by atoms with E-state index in [1.54, 1.807) is 37.3 Å². The molecule has 0 bridgehead atoms. The Bertz CT molecular complexity index is 885. The minimum Gasteiger partial charge on any atom is -0.463 e. The lowest BCUT2D eigenvalue weighted by molar-refractivity contribution is -0.138. The van der Waals surface area contributed by atoms with Crippen LogP contribution >= 0.6 is 15.9 Å². The first-order chi connectivity index (χ1) is 12.5. The molecule has 0 aromatic heterocycles. The number of halogens is 1. The van der Waals surface area contributed by atoms with Gasteiger partial charge in [-0.3, -0.25) is 14.5 Å². The molecule has 26 heavy (non-hydrogen) atoms. The second-order valence-electron chi connectivity index (χ2n) is 5.65. The van der Waals surface area contributed by atoms with Gasteiger partial charge in [0.15, 0.2) is 0 Å². The Kier molecular flexibility index (Phi) is 5.32. The fourth-order valence-corrected chi connectivity index (χ4v) is 3.13. The summed E-state index contributed by atoms with van der Waals surface area (Å²) in [5.74, 6) is -1.37. The maximum atomic E-state index is 12.6. The third kappa shape index (κ3) is 3.46. The van der Waals surface area contributed by atoms with Crippen molar-refractivity contribution in [1.29, 1.82) is 0 Å². The van der Waals surface area contributed by atoms with Gasteiger partial charge in [0.1, 0.15) is 0 Å². The highest BCUT2D eigenvalue weighted by Gasteiger charge is 2.36. The molecule has 0 N–H and O–H groups in total. The van der Waals surface area contributed by atoms with Crippen LogP contribution in [0, 0.1) is 0 Å². The third-order valence-electron chi connectivity index (χ3n) is 3.98. The van der Waals surface area contributed by atoms with Crippen LogP contribution in [0.5, 0.6) is 0 Å². The molecule has 1 aliphatic heterocycles. The Labute approximate surface area is 159 Å². The van der Waals surface area contributed by atoms with Gasteiger partial charge in [-0.25, -0.2) is 4.79 Å². The van der Waals surface area contributed by atoms with E-state index in [2.05, 4.69) is 15.9 Å². The number of fused-ring (bicyclic) bond motifs is 1. The predicted octanol–water partition coefficient (Wildman–Crippen LogP) is 3.69. The number of hydrogen-bond acceptors (Lipinski definition) is 4. The summed E-state index contributed by atoms with van der Waals surface area (Å²) >= 11 is 3.43. The van der Waals surface area contributed by atoms with E-state index in [1.165, 1.54) is 0 Å². The van der Waals surface area contributed by atoms with Crippen molar-refractivity contribution in [2.75, 3.05) is 13.2 Å². The third-order valence-corrected chi connectivity index (χ3v) is 4.70. The average molecular weight is 414 g/mol. The highest BCUT2D eigenvalue weighted by Crippen LogP contribution is 2.25. The van der Waals surface area contributed by atoms with Crippen molar-refractivity contribution in [1.82, 2.24) is 4.90 Å². The van der Waals surface area contributed by atoms with Crippen molar-refractivity contribution in [3.05, 3.63) is 75.3 Å². The summed E-state index contributed by atoms with van der Waals surface area (Å²) in [5, 5.41) is 0. The topological polar surface area (TPSA) is 63.7 Å². The van der Waals surface area contributed by atoms with Gasteiger partial charge in [0.25, 0.3) is 11.8 Å². The van der Waals surface area contributed by atoms with Gasteiger partial charge in [-0.05, 0) is 36.8 Å². The highest BCUT2D eigenvalue weighted by atomic mass is 79.9. The smallest absolute Gasteiger partial charge is 0.335 e. The predicted molar refractivity (Wildman–Crippen MR) is 101 cm³/mol.